The molecule has 0 aromatic heterocycles. The molecule has 1 aliphatic carbocycles. The first kappa shape index (κ1) is 16.3. The van der Waals surface area contributed by atoms with E-state index in [1.54, 1.807) is 0 Å². The average Bonchev–Trinajstić information content (AvgIpc) is 2.31. The largest absolute Gasteiger partial charge is 0.387 e. The van der Waals surface area contributed by atoms with Gasteiger partial charge in [0.1, 0.15) is 0 Å². The zero-order valence-electron chi connectivity index (χ0n) is 12.6. The van der Waals surface area contributed by atoms with Gasteiger partial charge in [-0.2, -0.15) is 0 Å². The molecule has 0 aromatic carbocycles. The number of rotatable bonds is 6. The van der Waals surface area contributed by atoms with Crippen LogP contribution in [0.2, 0.25) is 0 Å². The van der Waals surface area contributed by atoms with Crippen LogP contribution < -0.4 is 5.73 Å². The molecule has 2 N–H and O–H groups in total. The summed E-state index contributed by atoms with van der Waals surface area (Å²) in [6, 6.07) is 0. The van der Waals surface area contributed by atoms with Gasteiger partial charge in [0, 0.05) is 10.4 Å². The highest BCUT2D eigenvalue weighted by Crippen LogP contribution is 2.50. The summed E-state index contributed by atoms with van der Waals surface area (Å²) in [5, 5.41) is 0.635. The molecule has 3 heteroatoms. The van der Waals surface area contributed by atoms with E-state index in [-0.39, 0.29) is 5.41 Å². The molecule has 19 heavy (non-hydrogen) atoms. The Labute approximate surface area is 122 Å². The lowest BCUT2D eigenvalue weighted by Gasteiger charge is -2.39. The lowest BCUT2D eigenvalue weighted by atomic mass is 9.68. The van der Waals surface area contributed by atoms with Crippen molar-refractivity contribution in [2.75, 3.05) is 0 Å². The van der Waals surface area contributed by atoms with Crippen LogP contribution in [0.25, 0.3) is 0 Å². The number of nitrogens with two attached hydrogens (primary N) is 1. The molecule has 0 atom stereocenters. The highest BCUT2D eigenvalue weighted by molar-refractivity contribution is 6.31. The van der Waals surface area contributed by atoms with E-state index in [1.807, 2.05) is 6.92 Å². The third-order valence-electron chi connectivity index (χ3n) is 3.94. The second-order valence-corrected chi connectivity index (χ2v) is 6.08. The van der Waals surface area contributed by atoms with E-state index in [9.17, 15) is 0 Å². The van der Waals surface area contributed by atoms with Crippen LogP contribution in [0.15, 0.2) is 27.9 Å². The molecule has 0 amide bonds. The normalized spacial score (nSPS) is 19.7. The average molecular weight is 283 g/mol. The van der Waals surface area contributed by atoms with Crippen molar-refractivity contribution >= 4 is 17.4 Å². The fourth-order valence-corrected chi connectivity index (χ4v) is 3.54. The molecule has 0 heterocycles. The van der Waals surface area contributed by atoms with E-state index in [2.05, 4.69) is 25.4 Å². The van der Waals surface area contributed by atoms with Crippen molar-refractivity contribution < 1.29 is 0 Å². The van der Waals surface area contributed by atoms with Crippen molar-refractivity contribution in [3.05, 3.63) is 22.9 Å². The first-order valence-corrected chi connectivity index (χ1v) is 7.73. The minimum Gasteiger partial charge on any atom is -0.387 e. The van der Waals surface area contributed by atoms with Crippen LogP contribution in [-0.2, 0) is 0 Å². The summed E-state index contributed by atoms with van der Waals surface area (Å²) < 4.78 is 0. The van der Waals surface area contributed by atoms with E-state index in [1.165, 1.54) is 12.8 Å². The predicted octanol–water partition coefficient (Wildman–Crippen LogP) is 5.14. The van der Waals surface area contributed by atoms with Gasteiger partial charge < -0.3 is 5.73 Å². The minimum atomic E-state index is 0.148. The maximum atomic E-state index is 6.20. The van der Waals surface area contributed by atoms with E-state index >= 15 is 0 Å². The number of nitrogens with zero attached hydrogens (tertiary/aromatic N) is 1. The lowest BCUT2D eigenvalue weighted by molar-refractivity contribution is 0.246. The molecule has 0 saturated heterocycles. The summed E-state index contributed by atoms with van der Waals surface area (Å²) in [5.41, 5.74) is 8.23. The Morgan fingerprint density at radius 3 is 2.37 bits per heavy atom. The van der Waals surface area contributed by atoms with Crippen molar-refractivity contribution in [3.63, 3.8) is 0 Å². The Balaban J connectivity index is 3.36. The molecular formula is C16H27ClN2. The molecule has 0 aromatic rings. The van der Waals surface area contributed by atoms with Crippen LogP contribution in [0.5, 0.6) is 0 Å². The van der Waals surface area contributed by atoms with Crippen LogP contribution in [-0.4, -0.2) is 5.84 Å². The topological polar surface area (TPSA) is 38.4 Å². The molecule has 0 unspecified atom stereocenters. The van der Waals surface area contributed by atoms with Gasteiger partial charge in [-0.25, -0.2) is 4.99 Å². The Bertz CT molecular complexity index is 384. The standard InChI is InChI=1S/C16H27ClN2/c1-5-9-16(10-6-2)11-7-8-14(12(3)17)15(16)19-13(4)18/h3,5-11H2,1-2,4H3,(H2,18,19). The maximum Gasteiger partial charge on any atom is 0.0961 e. The molecule has 1 aliphatic rings. The number of aliphatic imine (C=N–C) groups is 1. The van der Waals surface area contributed by atoms with E-state index in [0.29, 0.717) is 10.9 Å². The molecule has 0 aliphatic heterocycles. The van der Waals surface area contributed by atoms with Crippen LogP contribution in [0.1, 0.15) is 65.7 Å². The molecule has 2 nitrogen and oxygen atoms in total. The Morgan fingerprint density at radius 1 is 1.37 bits per heavy atom. The maximum absolute atomic E-state index is 6.20. The Kier molecular flexibility index (Phi) is 6.12. The fourth-order valence-electron chi connectivity index (χ4n) is 3.36. The zero-order chi connectivity index (χ0) is 14.5. The quantitative estimate of drug-likeness (QED) is 0.531. The van der Waals surface area contributed by atoms with Crippen molar-refractivity contribution in [1.82, 2.24) is 0 Å². The van der Waals surface area contributed by atoms with Gasteiger partial charge in [0.2, 0.25) is 0 Å². The van der Waals surface area contributed by atoms with Crippen LogP contribution in [0, 0.1) is 5.41 Å². The van der Waals surface area contributed by atoms with Crippen LogP contribution in [0.4, 0.5) is 0 Å². The first-order chi connectivity index (χ1) is 8.96. The van der Waals surface area contributed by atoms with E-state index in [0.717, 1.165) is 43.4 Å². The molecule has 1 rings (SSSR count). The monoisotopic (exact) mass is 282 g/mol. The summed E-state index contributed by atoms with van der Waals surface area (Å²) in [7, 11) is 0. The smallest absolute Gasteiger partial charge is 0.0961 e. The minimum absolute atomic E-state index is 0.148. The molecule has 0 fully saturated rings. The fraction of sp³-hybridized carbons (Fsp3) is 0.688. The van der Waals surface area contributed by atoms with Crippen molar-refractivity contribution in [3.8, 4) is 0 Å². The molecular weight excluding hydrogens is 256 g/mol. The number of amidine groups is 1. The number of halogens is 1. The number of hydrogen-bond donors (Lipinski definition) is 1. The summed E-state index contributed by atoms with van der Waals surface area (Å²) in [6.45, 7) is 10.2. The molecule has 0 radical (unpaired) electrons. The van der Waals surface area contributed by atoms with Gasteiger partial charge in [0.05, 0.1) is 11.5 Å². The second-order valence-electron chi connectivity index (χ2n) is 5.62. The van der Waals surface area contributed by atoms with Gasteiger partial charge in [0.25, 0.3) is 0 Å². The van der Waals surface area contributed by atoms with Gasteiger partial charge in [0.15, 0.2) is 0 Å². The lowest BCUT2D eigenvalue weighted by Crippen LogP contribution is -2.28. The molecule has 0 spiro atoms. The molecule has 0 saturated carbocycles. The van der Waals surface area contributed by atoms with Crippen molar-refractivity contribution in [2.45, 2.75) is 65.7 Å². The second kappa shape index (κ2) is 7.14. The SMILES string of the molecule is C=C(Cl)C1=C(N=C(C)N)C(CCC)(CCC)CCC1. The molecule has 108 valence electrons. The van der Waals surface area contributed by atoms with Crippen LogP contribution in [0.3, 0.4) is 0 Å². The van der Waals surface area contributed by atoms with Gasteiger partial charge in [-0.05, 0) is 44.6 Å². The number of hydrogen-bond acceptors (Lipinski definition) is 1. The zero-order valence-corrected chi connectivity index (χ0v) is 13.3. The third kappa shape index (κ3) is 3.85. The van der Waals surface area contributed by atoms with Gasteiger partial charge in [-0.15, -0.1) is 0 Å². The third-order valence-corrected chi connectivity index (χ3v) is 4.17. The van der Waals surface area contributed by atoms with Gasteiger partial charge in [-0.3, -0.25) is 0 Å². The summed E-state index contributed by atoms with van der Waals surface area (Å²) in [4.78, 5) is 4.66. The summed E-state index contributed by atoms with van der Waals surface area (Å²) in [5.74, 6) is 0.615. The van der Waals surface area contributed by atoms with Gasteiger partial charge >= 0.3 is 0 Å². The van der Waals surface area contributed by atoms with E-state index < -0.39 is 0 Å². The first-order valence-electron chi connectivity index (χ1n) is 7.36. The number of allylic oxidation sites excluding steroid dienone is 3. The van der Waals surface area contributed by atoms with Gasteiger partial charge in [-0.1, -0.05) is 44.9 Å². The Hall–Kier alpha value is -0.760. The van der Waals surface area contributed by atoms with E-state index in [4.69, 9.17) is 17.3 Å². The summed E-state index contributed by atoms with van der Waals surface area (Å²) in [6.07, 6.45) is 7.96. The molecule has 0 bridgehead atoms. The van der Waals surface area contributed by atoms with Crippen molar-refractivity contribution in [2.24, 2.45) is 16.1 Å². The van der Waals surface area contributed by atoms with Crippen molar-refractivity contribution in [1.29, 1.82) is 0 Å². The Morgan fingerprint density at radius 2 is 1.95 bits per heavy atom. The highest BCUT2D eigenvalue weighted by Gasteiger charge is 2.37. The summed E-state index contributed by atoms with van der Waals surface area (Å²) >= 11 is 6.20. The predicted molar refractivity (Wildman–Crippen MR) is 85.4 cm³/mol. The van der Waals surface area contributed by atoms with Crippen LogP contribution >= 0.6 is 11.6 Å². The highest BCUT2D eigenvalue weighted by atomic mass is 35.5.